The average molecular weight is 507 g/mol. The zero-order chi connectivity index (χ0) is 22.3. The molecule has 2 aromatic rings. The molecule has 1 unspecified atom stereocenters. The number of carbonyl (C=O) groups excluding carboxylic acids is 1. The first-order valence-electron chi connectivity index (χ1n) is 8.83. The van der Waals surface area contributed by atoms with Gasteiger partial charge in [-0.2, -0.15) is 22.0 Å². The lowest BCUT2D eigenvalue weighted by Crippen LogP contribution is -2.44. The maximum atomic E-state index is 15.2. The molecule has 0 radical (unpaired) electrons. The number of halogens is 6. The molecule has 2 atom stereocenters. The van der Waals surface area contributed by atoms with E-state index in [2.05, 4.69) is 25.9 Å². The van der Waals surface area contributed by atoms with Gasteiger partial charge in [-0.25, -0.2) is 9.98 Å². The van der Waals surface area contributed by atoms with E-state index in [-0.39, 0.29) is 21.6 Å². The van der Waals surface area contributed by atoms with E-state index >= 15 is 8.78 Å². The highest BCUT2D eigenvalue weighted by molar-refractivity contribution is 9.10. The Morgan fingerprint density at radius 1 is 1.17 bits per heavy atom. The van der Waals surface area contributed by atoms with Gasteiger partial charge in [0.15, 0.2) is 4.75 Å². The molecule has 0 saturated heterocycles. The van der Waals surface area contributed by atoms with Gasteiger partial charge in [0, 0.05) is 18.2 Å². The number of benzene rings is 1. The number of rotatable bonds is 5. The van der Waals surface area contributed by atoms with E-state index < -0.39 is 39.8 Å². The molecule has 0 fully saturated rings. The minimum Gasteiger partial charge on any atom is -0.271 e. The number of aromatic nitrogens is 1. The number of pyridine rings is 1. The van der Waals surface area contributed by atoms with Gasteiger partial charge >= 0.3 is 6.18 Å². The van der Waals surface area contributed by atoms with E-state index in [9.17, 15) is 18.0 Å². The summed E-state index contributed by atoms with van der Waals surface area (Å²) in [6.45, 7) is 2.64. The Labute approximate surface area is 182 Å². The molecule has 1 aromatic heterocycles. The second kappa shape index (κ2) is 8.03. The predicted octanol–water partition coefficient (Wildman–Crippen LogP) is 6.58. The van der Waals surface area contributed by atoms with Crippen molar-refractivity contribution in [3.63, 3.8) is 0 Å². The summed E-state index contributed by atoms with van der Waals surface area (Å²) in [5.74, 6) is -5.26. The molecule has 0 spiro atoms. The van der Waals surface area contributed by atoms with Crippen molar-refractivity contribution >= 4 is 38.6 Å². The summed E-state index contributed by atoms with van der Waals surface area (Å²) < 4.78 is 68.3. The lowest BCUT2D eigenvalue weighted by Gasteiger charge is -2.31. The van der Waals surface area contributed by atoms with Crippen molar-refractivity contribution in [2.24, 2.45) is 4.99 Å². The molecule has 0 aliphatic carbocycles. The standard InChI is InChI=1S/C20H16BrF5N2OS/c1-11(13-5-3-4-6-14(13)20(24,25)26)9-16-28-17(29)18(2,30-16)19(22,23)12-7-8-27-15(21)10-12/h3-8,10-11H,9H2,1-2H3/t11-,18?/m1/s1. The Morgan fingerprint density at radius 2 is 1.83 bits per heavy atom. The molecule has 1 aliphatic rings. The van der Waals surface area contributed by atoms with Gasteiger partial charge in [-0.3, -0.25) is 4.79 Å². The fourth-order valence-corrected chi connectivity index (χ4v) is 4.91. The molecular weight excluding hydrogens is 491 g/mol. The van der Waals surface area contributed by atoms with Crippen LogP contribution in [0.25, 0.3) is 0 Å². The maximum absolute atomic E-state index is 15.2. The Hall–Kier alpha value is -1.81. The van der Waals surface area contributed by atoms with Crippen molar-refractivity contribution in [2.75, 3.05) is 0 Å². The van der Waals surface area contributed by atoms with Crippen LogP contribution in [-0.2, 0) is 16.9 Å². The van der Waals surface area contributed by atoms with Crippen LogP contribution in [0.3, 0.4) is 0 Å². The molecule has 160 valence electrons. The first-order valence-corrected chi connectivity index (χ1v) is 10.4. The summed E-state index contributed by atoms with van der Waals surface area (Å²) in [6.07, 6.45) is -3.41. The lowest BCUT2D eigenvalue weighted by atomic mass is 9.93. The van der Waals surface area contributed by atoms with Crippen LogP contribution in [0.2, 0.25) is 0 Å². The van der Waals surface area contributed by atoms with Crippen LogP contribution in [-0.4, -0.2) is 20.7 Å². The number of amides is 1. The highest BCUT2D eigenvalue weighted by atomic mass is 79.9. The second-order valence-electron chi connectivity index (χ2n) is 7.08. The minimum absolute atomic E-state index is 0.0270. The summed E-state index contributed by atoms with van der Waals surface area (Å²) in [5.41, 5.74) is -1.17. The van der Waals surface area contributed by atoms with Gasteiger partial charge < -0.3 is 0 Å². The molecule has 0 saturated carbocycles. The molecule has 3 nitrogen and oxygen atoms in total. The topological polar surface area (TPSA) is 42.3 Å². The molecule has 1 aliphatic heterocycles. The van der Waals surface area contributed by atoms with E-state index in [1.165, 1.54) is 24.4 Å². The van der Waals surface area contributed by atoms with Crippen LogP contribution in [0.4, 0.5) is 22.0 Å². The third-order valence-corrected chi connectivity index (χ3v) is 6.69. The fourth-order valence-electron chi connectivity index (χ4n) is 3.24. The van der Waals surface area contributed by atoms with Crippen LogP contribution >= 0.6 is 27.7 Å². The summed E-state index contributed by atoms with van der Waals surface area (Å²) in [7, 11) is 0. The highest BCUT2D eigenvalue weighted by Crippen LogP contribution is 2.52. The summed E-state index contributed by atoms with van der Waals surface area (Å²) in [4.78, 5) is 20.0. The van der Waals surface area contributed by atoms with Gasteiger partial charge in [0.2, 0.25) is 0 Å². The van der Waals surface area contributed by atoms with Gasteiger partial charge in [-0.15, -0.1) is 0 Å². The van der Waals surface area contributed by atoms with Crippen molar-refractivity contribution in [2.45, 2.75) is 43.0 Å². The van der Waals surface area contributed by atoms with Crippen molar-refractivity contribution in [1.82, 2.24) is 4.98 Å². The van der Waals surface area contributed by atoms with E-state index in [1.807, 2.05) is 0 Å². The number of carbonyl (C=O) groups is 1. The van der Waals surface area contributed by atoms with E-state index in [0.29, 0.717) is 11.8 Å². The van der Waals surface area contributed by atoms with Crippen molar-refractivity contribution < 1.29 is 26.7 Å². The van der Waals surface area contributed by atoms with Crippen LogP contribution < -0.4 is 0 Å². The van der Waals surface area contributed by atoms with Crippen molar-refractivity contribution in [1.29, 1.82) is 0 Å². The number of aliphatic imine (C=N–C) groups is 1. The normalized spacial score (nSPS) is 20.9. The first-order chi connectivity index (χ1) is 13.9. The largest absolute Gasteiger partial charge is 0.416 e. The SMILES string of the molecule is C[C@H](CC1=NC(=O)C(C)(C(F)(F)c2ccnc(Br)c2)S1)c1ccccc1C(F)(F)F. The molecule has 3 rings (SSSR count). The van der Waals surface area contributed by atoms with Gasteiger partial charge in [0.25, 0.3) is 11.8 Å². The first kappa shape index (κ1) is 22.9. The van der Waals surface area contributed by atoms with Crippen LogP contribution in [0.1, 0.15) is 42.9 Å². The van der Waals surface area contributed by atoms with Crippen LogP contribution in [0.15, 0.2) is 52.2 Å². The molecule has 1 aromatic carbocycles. The minimum atomic E-state index is -4.54. The number of nitrogens with zero attached hydrogens (tertiary/aromatic N) is 2. The fraction of sp³-hybridized carbons (Fsp3) is 0.350. The molecule has 0 N–H and O–H groups in total. The second-order valence-corrected chi connectivity index (χ2v) is 9.38. The lowest BCUT2D eigenvalue weighted by molar-refractivity contribution is -0.138. The van der Waals surface area contributed by atoms with E-state index in [0.717, 1.165) is 25.1 Å². The molecule has 2 heterocycles. The summed E-state index contributed by atoms with van der Waals surface area (Å²) in [6, 6.07) is 7.32. The van der Waals surface area contributed by atoms with Gasteiger partial charge in [0.1, 0.15) is 4.60 Å². The predicted molar refractivity (Wildman–Crippen MR) is 109 cm³/mol. The van der Waals surface area contributed by atoms with Gasteiger partial charge in [0.05, 0.1) is 10.6 Å². The third kappa shape index (κ3) is 4.16. The van der Waals surface area contributed by atoms with Crippen molar-refractivity contribution in [3.05, 3.63) is 63.9 Å². The van der Waals surface area contributed by atoms with E-state index in [1.54, 1.807) is 6.92 Å². The van der Waals surface area contributed by atoms with Crippen LogP contribution in [0.5, 0.6) is 0 Å². The summed E-state index contributed by atoms with van der Waals surface area (Å²) >= 11 is 3.63. The van der Waals surface area contributed by atoms with Gasteiger partial charge in [-0.05, 0) is 52.5 Å². The Bertz CT molecular complexity index is 1010. The quantitative estimate of drug-likeness (QED) is 0.339. The molecule has 1 amide bonds. The van der Waals surface area contributed by atoms with Crippen molar-refractivity contribution in [3.8, 4) is 0 Å². The monoisotopic (exact) mass is 506 g/mol. The Balaban J connectivity index is 1.85. The Morgan fingerprint density at radius 3 is 2.47 bits per heavy atom. The number of alkyl halides is 5. The molecule has 0 bridgehead atoms. The Kier molecular flexibility index (Phi) is 6.12. The summed E-state index contributed by atoms with van der Waals surface area (Å²) in [5, 5.41) is 0.0831. The molecule has 10 heteroatoms. The zero-order valence-electron chi connectivity index (χ0n) is 15.8. The smallest absolute Gasteiger partial charge is 0.271 e. The third-order valence-electron chi connectivity index (χ3n) is 4.92. The maximum Gasteiger partial charge on any atom is 0.416 e. The number of hydrogen-bond acceptors (Lipinski definition) is 3. The average Bonchev–Trinajstić information content (AvgIpc) is 2.96. The molecule has 30 heavy (non-hydrogen) atoms. The number of hydrogen-bond donors (Lipinski definition) is 0. The van der Waals surface area contributed by atoms with Crippen LogP contribution in [0, 0.1) is 0 Å². The molecular formula is C20H16BrF5N2OS. The highest BCUT2D eigenvalue weighted by Gasteiger charge is 2.60. The number of thioether (sulfide) groups is 1. The van der Waals surface area contributed by atoms with Gasteiger partial charge in [-0.1, -0.05) is 36.9 Å². The zero-order valence-corrected chi connectivity index (χ0v) is 18.2. The van der Waals surface area contributed by atoms with E-state index in [4.69, 9.17) is 0 Å².